The van der Waals surface area contributed by atoms with Crippen LogP contribution in [0.1, 0.15) is 5.56 Å². The molecule has 0 fully saturated rings. The van der Waals surface area contributed by atoms with Crippen molar-refractivity contribution in [2.75, 3.05) is 0 Å². The molecule has 17 heavy (non-hydrogen) atoms. The minimum atomic E-state index is -0.653. The Labute approximate surface area is 99.6 Å². The number of aromatic nitrogens is 1. The third-order valence-electron chi connectivity index (χ3n) is 2.37. The summed E-state index contributed by atoms with van der Waals surface area (Å²) < 4.78 is 1.34. The Morgan fingerprint density at radius 1 is 1.18 bits per heavy atom. The summed E-state index contributed by atoms with van der Waals surface area (Å²) in [6.45, 7) is 0. The van der Waals surface area contributed by atoms with Crippen LogP contribution in [-0.4, -0.2) is 16.7 Å². The highest BCUT2D eigenvalue weighted by Gasteiger charge is 2.16. The van der Waals surface area contributed by atoms with Gasteiger partial charge >= 0.3 is 5.97 Å². The van der Waals surface area contributed by atoms with Crippen LogP contribution >= 0.6 is 0 Å². The standard InChI is InChI=1S/C13H14N2O2/c14-12(10-11-6-2-1-3-7-11)13(16)17-15-8-4-5-9-15/h1-9,12H,10,14H2/t12-/m0/s1. The highest BCUT2D eigenvalue weighted by molar-refractivity contribution is 5.76. The first-order chi connectivity index (χ1) is 8.25. The third-order valence-corrected chi connectivity index (χ3v) is 2.37. The van der Waals surface area contributed by atoms with E-state index in [4.69, 9.17) is 10.6 Å². The third kappa shape index (κ3) is 3.19. The molecule has 0 radical (unpaired) electrons. The largest absolute Gasteiger partial charge is 0.349 e. The fraction of sp³-hybridized carbons (Fsp3) is 0.154. The fourth-order valence-electron chi connectivity index (χ4n) is 1.50. The van der Waals surface area contributed by atoms with Gasteiger partial charge in [0.05, 0.1) is 0 Å². The molecular formula is C13H14N2O2. The first kappa shape index (κ1) is 11.4. The van der Waals surface area contributed by atoms with Crippen molar-refractivity contribution in [3.05, 3.63) is 60.4 Å². The smallest absolute Gasteiger partial charge is 0.335 e. The van der Waals surface area contributed by atoms with E-state index < -0.39 is 12.0 Å². The minimum absolute atomic E-state index is 0.440. The lowest BCUT2D eigenvalue weighted by Crippen LogP contribution is -2.39. The van der Waals surface area contributed by atoms with Gasteiger partial charge in [-0.2, -0.15) is 4.73 Å². The van der Waals surface area contributed by atoms with Crippen LogP contribution in [0, 0.1) is 0 Å². The number of hydrogen-bond acceptors (Lipinski definition) is 3. The molecule has 0 aliphatic rings. The highest BCUT2D eigenvalue weighted by Crippen LogP contribution is 2.02. The van der Waals surface area contributed by atoms with Gasteiger partial charge in [-0.05, 0) is 24.1 Å². The molecule has 1 aromatic carbocycles. The topological polar surface area (TPSA) is 57.3 Å². The first-order valence-corrected chi connectivity index (χ1v) is 5.40. The molecule has 0 aliphatic carbocycles. The van der Waals surface area contributed by atoms with Crippen LogP contribution in [0.25, 0.3) is 0 Å². The van der Waals surface area contributed by atoms with E-state index in [9.17, 15) is 4.79 Å². The molecule has 4 nitrogen and oxygen atoms in total. The van der Waals surface area contributed by atoms with Gasteiger partial charge in [0.15, 0.2) is 0 Å². The molecule has 0 bridgehead atoms. The summed E-state index contributed by atoms with van der Waals surface area (Å²) in [5.41, 5.74) is 6.80. The molecule has 0 spiro atoms. The predicted octanol–water partition coefficient (Wildman–Crippen LogP) is 1.01. The number of hydrogen-bond donors (Lipinski definition) is 1. The summed E-state index contributed by atoms with van der Waals surface area (Å²) >= 11 is 0. The van der Waals surface area contributed by atoms with Gasteiger partial charge in [0.2, 0.25) is 0 Å². The summed E-state index contributed by atoms with van der Waals surface area (Å²) in [6.07, 6.45) is 3.77. The average Bonchev–Trinajstić information content (AvgIpc) is 2.83. The maximum absolute atomic E-state index is 11.6. The molecule has 4 heteroatoms. The lowest BCUT2D eigenvalue weighted by molar-refractivity contribution is -0.145. The molecule has 0 unspecified atom stereocenters. The second kappa shape index (κ2) is 5.32. The second-order valence-electron chi connectivity index (χ2n) is 3.75. The van der Waals surface area contributed by atoms with Gasteiger partial charge in [0, 0.05) is 12.4 Å². The van der Waals surface area contributed by atoms with E-state index in [1.807, 2.05) is 30.3 Å². The van der Waals surface area contributed by atoms with Gasteiger partial charge in [-0.15, -0.1) is 0 Å². The van der Waals surface area contributed by atoms with Crippen LogP contribution in [0.4, 0.5) is 0 Å². The quantitative estimate of drug-likeness (QED) is 0.853. The van der Waals surface area contributed by atoms with Gasteiger partial charge in [-0.3, -0.25) is 0 Å². The Morgan fingerprint density at radius 3 is 2.47 bits per heavy atom. The van der Waals surface area contributed by atoms with Crippen molar-refractivity contribution >= 4 is 5.97 Å². The van der Waals surface area contributed by atoms with Gasteiger partial charge < -0.3 is 10.6 Å². The molecule has 0 saturated carbocycles. The average molecular weight is 230 g/mol. The molecule has 2 rings (SSSR count). The number of nitrogens with two attached hydrogens (primary N) is 1. The Kier molecular flexibility index (Phi) is 3.57. The fourth-order valence-corrected chi connectivity index (χ4v) is 1.50. The van der Waals surface area contributed by atoms with Crippen molar-refractivity contribution in [1.82, 2.24) is 4.73 Å². The molecule has 1 aromatic heterocycles. The summed E-state index contributed by atoms with van der Waals surface area (Å²) in [5, 5.41) is 0. The molecular weight excluding hydrogens is 216 g/mol. The van der Waals surface area contributed by atoms with E-state index in [1.165, 1.54) is 4.73 Å². The zero-order valence-corrected chi connectivity index (χ0v) is 9.32. The van der Waals surface area contributed by atoms with Crippen molar-refractivity contribution in [1.29, 1.82) is 0 Å². The van der Waals surface area contributed by atoms with E-state index in [-0.39, 0.29) is 0 Å². The Bertz CT molecular complexity index is 465. The van der Waals surface area contributed by atoms with E-state index in [0.29, 0.717) is 6.42 Å². The van der Waals surface area contributed by atoms with Crippen molar-refractivity contribution in [2.45, 2.75) is 12.5 Å². The number of carbonyl (C=O) groups is 1. The molecule has 0 saturated heterocycles. The molecule has 88 valence electrons. The zero-order chi connectivity index (χ0) is 12.1. The number of nitrogens with zero attached hydrogens (tertiary/aromatic N) is 1. The SMILES string of the molecule is N[C@@H](Cc1ccccc1)C(=O)On1cccc1. The van der Waals surface area contributed by atoms with E-state index >= 15 is 0 Å². The van der Waals surface area contributed by atoms with Crippen LogP contribution in [0.15, 0.2) is 54.9 Å². The van der Waals surface area contributed by atoms with Crippen LogP contribution in [-0.2, 0) is 11.2 Å². The molecule has 0 amide bonds. The van der Waals surface area contributed by atoms with Crippen LogP contribution in [0.5, 0.6) is 0 Å². The molecule has 2 N–H and O–H groups in total. The molecule has 2 aromatic rings. The minimum Gasteiger partial charge on any atom is -0.335 e. The van der Waals surface area contributed by atoms with Crippen molar-refractivity contribution < 1.29 is 9.63 Å². The zero-order valence-electron chi connectivity index (χ0n) is 9.32. The summed E-state index contributed by atoms with van der Waals surface area (Å²) in [5.74, 6) is -0.440. The first-order valence-electron chi connectivity index (χ1n) is 5.40. The van der Waals surface area contributed by atoms with Crippen LogP contribution < -0.4 is 10.6 Å². The number of carbonyl (C=O) groups excluding carboxylic acids is 1. The maximum Gasteiger partial charge on any atom is 0.349 e. The molecule has 0 aliphatic heterocycles. The van der Waals surface area contributed by atoms with E-state index in [1.54, 1.807) is 24.5 Å². The molecule has 1 heterocycles. The Morgan fingerprint density at radius 2 is 1.82 bits per heavy atom. The van der Waals surface area contributed by atoms with E-state index in [0.717, 1.165) is 5.56 Å². The summed E-state index contributed by atoms with van der Waals surface area (Å²) in [7, 11) is 0. The van der Waals surface area contributed by atoms with Crippen LogP contribution in [0.3, 0.4) is 0 Å². The summed E-state index contributed by atoms with van der Waals surface area (Å²) in [4.78, 5) is 16.7. The van der Waals surface area contributed by atoms with Gasteiger partial charge in [0.1, 0.15) is 6.04 Å². The second-order valence-corrected chi connectivity index (χ2v) is 3.75. The van der Waals surface area contributed by atoms with Gasteiger partial charge in [-0.1, -0.05) is 30.3 Å². The highest BCUT2D eigenvalue weighted by atomic mass is 16.7. The number of benzene rings is 1. The number of rotatable bonds is 4. The Balaban J connectivity index is 1.92. The van der Waals surface area contributed by atoms with Crippen molar-refractivity contribution in [2.24, 2.45) is 5.73 Å². The van der Waals surface area contributed by atoms with Crippen LogP contribution in [0.2, 0.25) is 0 Å². The lowest BCUT2D eigenvalue weighted by Gasteiger charge is -2.11. The monoisotopic (exact) mass is 230 g/mol. The summed E-state index contributed by atoms with van der Waals surface area (Å²) in [6, 6.07) is 12.5. The van der Waals surface area contributed by atoms with Gasteiger partial charge in [0.25, 0.3) is 0 Å². The van der Waals surface area contributed by atoms with E-state index in [2.05, 4.69) is 0 Å². The normalized spacial score (nSPS) is 12.1. The van der Waals surface area contributed by atoms with Crippen molar-refractivity contribution in [3.8, 4) is 0 Å². The lowest BCUT2D eigenvalue weighted by atomic mass is 10.1. The predicted molar refractivity (Wildman–Crippen MR) is 64.1 cm³/mol. The molecule has 1 atom stereocenters. The Hall–Kier alpha value is -2.07. The maximum atomic E-state index is 11.6. The van der Waals surface area contributed by atoms with Crippen molar-refractivity contribution in [3.63, 3.8) is 0 Å². The van der Waals surface area contributed by atoms with Gasteiger partial charge in [-0.25, -0.2) is 4.79 Å².